The van der Waals surface area contributed by atoms with Crippen molar-refractivity contribution in [2.75, 3.05) is 20.7 Å². The molecule has 0 radical (unpaired) electrons. The van der Waals surface area contributed by atoms with E-state index in [-0.39, 0.29) is 0 Å². The normalized spacial score (nSPS) is 23.5. The van der Waals surface area contributed by atoms with Crippen molar-refractivity contribution in [2.45, 2.75) is 25.3 Å². The molecule has 0 aliphatic carbocycles. The lowest BCUT2D eigenvalue weighted by atomic mass is 9.85. The highest BCUT2D eigenvalue weighted by molar-refractivity contribution is 5.48. The molecule has 1 aliphatic heterocycles. The smallest absolute Gasteiger partial charge is 0.137 e. The predicted molar refractivity (Wildman–Crippen MR) is 66.9 cm³/mol. The van der Waals surface area contributed by atoms with Gasteiger partial charge in [-0.1, -0.05) is 18.2 Å². The van der Waals surface area contributed by atoms with E-state index in [1.807, 2.05) is 44.1 Å². The summed E-state index contributed by atoms with van der Waals surface area (Å²) in [5.74, 6) is 0.889. The van der Waals surface area contributed by atoms with E-state index < -0.39 is 5.54 Å². The first-order chi connectivity index (χ1) is 8.12. The summed E-state index contributed by atoms with van der Waals surface area (Å²) < 4.78 is 5.81. The van der Waals surface area contributed by atoms with Crippen LogP contribution in [0.4, 0.5) is 0 Å². The van der Waals surface area contributed by atoms with E-state index in [0.717, 1.165) is 29.7 Å². The van der Waals surface area contributed by atoms with Crippen LogP contribution in [-0.4, -0.2) is 25.6 Å². The van der Waals surface area contributed by atoms with Gasteiger partial charge >= 0.3 is 0 Å². The largest absolute Gasteiger partial charge is 0.493 e. The minimum atomic E-state index is -0.558. The van der Waals surface area contributed by atoms with Crippen molar-refractivity contribution in [2.24, 2.45) is 0 Å². The van der Waals surface area contributed by atoms with E-state index in [1.54, 1.807) is 0 Å². The standard InChI is InChI=1S/C14H18N2O/c1-11-6-4-7-12-13(11)17-9-5-8-14(12,10-15)16(2)3/h4,6-7H,5,8-9H2,1-3H3. The van der Waals surface area contributed by atoms with Crippen molar-refractivity contribution in [1.29, 1.82) is 5.26 Å². The third-order valence-electron chi connectivity index (χ3n) is 3.54. The summed E-state index contributed by atoms with van der Waals surface area (Å²) >= 11 is 0. The molecule has 0 saturated heterocycles. The van der Waals surface area contributed by atoms with Crippen LogP contribution < -0.4 is 4.74 Å². The number of nitriles is 1. The van der Waals surface area contributed by atoms with Gasteiger partial charge in [-0.15, -0.1) is 0 Å². The topological polar surface area (TPSA) is 36.3 Å². The van der Waals surface area contributed by atoms with Crippen LogP contribution in [0.2, 0.25) is 0 Å². The molecule has 1 unspecified atom stereocenters. The minimum absolute atomic E-state index is 0.558. The second-order valence-corrected chi connectivity index (χ2v) is 4.77. The Kier molecular flexibility index (Phi) is 3.08. The maximum atomic E-state index is 9.63. The van der Waals surface area contributed by atoms with Crippen LogP contribution >= 0.6 is 0 Å². The molecular formula is C14H18N2O. The number of hydrogen-bond acceptors (Lipinski definition) is 3. The van der Waals surface area contributed by atoms with E-state index in [4.69, 9.17) is 4.74 Å². The highest BCUT2D eigenvalue weighted by Crippen LogP contribution is 2.40. The maximum absolute atomic E-state index is 9.63. The fraction of sp³-hybridized carbons (Fsp3) is 0.500. The molecule has 3 heteroatoms. The van der Waals surface area contributed by atoms with Crippen LogP contribution in [0, 0.1) is 18.3 Å². The van der Waals surface area contributed by atoms with Gasteiger partial charge in [0.1, 0.15) is 11.3 Å². The monoisotopic (exact) mass is 230 g/mol. The van der Waals surface area contributed by atoms with Gasteiger partial charge in [0.2, 0.25) is 0 Å². The quantitative estimate of drug-likeness (QED) is 0.743. The van der Waals surface area contributed by atoms with Crippen molar-refractivity contribution in [1.82, 2.24) is 4.90 Å². The molecular weight excluding hydrogens is 212 g/mol. The molecule has 1 aliphatic rings. The van der Waals surface area contributed by atoms with Gasteiger partial charge in [0.25, 0.3) is 0 Å². The number of benzene rings is 1. The molecule has 1 atom stereocenters. The van der Waals surface area contributed by atoms with Crippen molar-refractivity contribution in [3.8, 4) is 11.8 Å². The average Bonchev–Trinajstić information content (AvgIpc) is 2.50. The minimum Gasteiger partial charge on any atom is -0.493 e. The van der Waals surface area contributed by atoms with E-state index in [2.05, 4.69) is 6.07 Å². The highest BCUT2D eigenvalue weighted by Gasteiger charge is 2.39. The van der Waals surface area contributed by atoms with Crippen LogP contribution in [0.5, 0.6) is 5.75 Å². The third-order valence-corrected chi connectivity index (χ3v) is 3.54. The molecule has 0 bridgehead atoms. The number of hydrogen-bond donors (Lipinski definition) is 0. The summed E-state index contributed by atoms with van der Waals surface area (Å²) in [6.07, 6.45) is 1.72. The van der Waals surface area contributed by atoms with Gasteiger partial charge in [-0.3, -0.25) is 4.90 Å². The molecule has 0 fully saturated rings. The van der Waals surface area contributed by atoms with Crippen LogP contribution in [0.15, 0.2) is 18.2 Å². The Morgan fingerprint density at radius 2 is 2.18 bits per heavy atom. The van der Waals surface area contributed by atoms with E-state index in [1.165, 1.54) is 0 Å². The molecule has 0 saturated carbocycles. The van der Waals surface area contributed by atoms with Gasteiger partial charge in [0, 0.05) is 5.56 Å². The molecule has 1 aromatic rings. The summed E-state index contributed by atoms with van der Waals surface area (Å²) in [5, 5.41) is 9.63. The maximum Gasteiger partial charge on any atom is 0.137 e. The summed E-state index contributed by atoms with van der Waals surface area (Å²) in [5.41, 5.74) is 1.55. The van der Waals surface area contributed by atoms with Crippen molar-refractivity contribution in [3.05, 3.63) is 29.3 Å². The van der Waals surface area contributed by atoms with Gasteiger partial charge in [-0.25, -0.2) is 0 Å². The first-order valence-corrected chi connectivity index (χ1v) is 5.93. The number of fused-ring (bicyclic) bond motifs is 1. The van der Waals surface area contributed by atoms with Crippen LogP contribution in [0.1, 0.15) is 24.0 Å². The molecule has 2 rings (SSSR count). The van der Waals surface area contributed by atoms with Crippen LogP contribution in [-0.2, 0) is 5.54 Å². The summed E-state index contributed by atoms with van der Waals surface area (Å²) in [6, 6.07) is 8.53. The predicted octanol–water partition coefficient (Wildman–Crippen LogP) is 2.45. The van der Waals surface area contributed by atoms with Gasteiger partial charge in [-0.2, -0.15) is 5.26 Å². The van der Waals surface area contributed by atoms with Crippen molar-refractivity contribution < 1.29 is 4.74 Å². The number of rotatable bonds is 1. The lowest BCUT2D eigenvalue weighted by Crippen LogP contribution is -2.39. The number of ether oxygens (including phenoxy) is 1. The Morgan fingerprint density at radius 1 is 1.41 bits per heavy atom. The highest BCUT2D eigenvalue weighted by atomic mass is 16.5. The van der Waals surface area contributed by atoms with E-state index >= 15 is 0 Å². The molecule has 0 aromatic heterocycles. The van der Waals surface area contributed by atoms with Crippen molar-refractivity contribution >= 4 is 0 Å². The Morgan fingerprint density at radius 3 is 2.82 bits per heavy atom. The molecule has 0 amide bonds. The first kappa shape index (κ1) is 11.9. The zero-order valence-electron chi connectivity index (χ0n) is 10.7. The van der Waals surface area contributed by atoms with Gasteiger partial charge in [0.05, 0.1) is 12.7 Å². The second kappa shape index (κ2) is 4.38. The third kappa shape index (κ3) is 1.79. The van der Waals surface area contributed by atoms with Gasteiger partial charge in [-0.05, 0) is 39.4 Å². The van der Waals surface area contributed by atoms with Gasteiger partial charge < -0.3 is 4.74 Å². The summed E-state index contributed by atoms with van der Waals surface area (Å²) in [6.45, 7) is 2.72. The molecule has 90 valence electrons. The van der Waals surface area contributed by atoms with Crippen LogP contribution in [0.25, 0.3) is 0 Å². The Labute approximate surface area is 103 Å². The summed E-state index contributed by atoms with van der Waals surface area (Å²) in [7, 11) is 3.92. The molecule has 0 spiro atoms. The van der Waals surface area contributed by atoms with E-state index in [0.29, 0.717) is 6.61 Å². The molecule has 17 heavy (non-hydrogen) atoms. The zero-order valence-corrected chi connectivity index (χ0v) is 10.7. The van der Waals surface area contributed by atoms with Crippen molar-refractivity contribution in [3.63, 3.8) is 0 Å². The molecule has 0 N–H and O–H groups in total. The Bertz CT molecular complexity index is 462. The number of para-hydroxylation sites is 1. The Hall–Kier alpha value is -1.53. The lowest BCUT2D eigenvalue weighted by Gasteiger charge is -2.33. The number of aryl methyl sites for hydroxylation is 1. The first-order valence-electron chi connectivity index (χ1n) is 5.93. The lowest BCUT2D eigenvalue weighted by molar-refractivity contribution is 0.202. The van der Waals surface area contributed by atoms with Gasteiger partial charge in [0.15, 0.2) is 0 Å². The molecule has 1 aromatic carbocycles. The van der Waals surface area contributed by atoms with Crippen LogP contribution in [0.3, 0.4) is 0 Å². The second-order valence-electron chi connectivity index (χ2n) is 4.77. The summed E-state index contributed by atoms with van der Waals surface area (Å²) in [4.78, 5) is 2.00. The fourth-order valence-electron chi connectivity index (χ4n) is 2.49. The fourth-order valence-corrected chi connectivity index (χ4v) is 2.49. The molecule has 3 nitrogen and oxygen atoms in total. The Balaban J connectivity index is 2.66. The average molecular weight is 230 g/mol. The zero-order chi connectivity index (χ0) is 12.5. The van der Waals surface area contributed by atoms with E-state index in [9.17, 15) is 5.26 Å². The molecule has 1 heterocycles. The number of nitrogens with zero attached hydrogens (tertiary/aromatic N) is 2. The SMILES string of the molecule is Cc1cccc2c1OCCCC2(C#N)N(C)C.